The first-order chi connectivity index (χ1) is 18.4. The molecule has 0 radical (unpaired) electrons. The summed E-state index contributed by atoms with van der Waals surface area (Å²) in [7, 11) is 0. The average Bonchev–Trinajstić information content (AvgIpc) is 3.35. The van der Waals surface area contributed by atoms with Gasteiger partial charge in [0.1, 0.15) is 11.7 Å². The molecule has 198 valence electrons. The van der Waals surface area contributed by atoms with Gasteiger partial charge in [-0.05, 0) is 48.1 Å². The first-order valence-electron chi connectivity index (χ1n) is 12.9. The molecule has 0 spiro atoms. The number of aromatic amines is 1. The molecule has 7 heteroatoms. The van der Waals surface area contributed by atoms with Gasteiger partial charge in [-0.1, -0.05) is 79.7 Å². The highest BCUT2D eigenvalue weighted by Crippen LogP contribution is 2.15. The lowest BCUT2D eigenvalue weighted by molar-refractivity contribution is -0.119. The second-order valence-electron chi connectivity index (χ2n) is 9.13. The molecule has 7 nitrogen and oxygen atoms in total. The Kier molecular flexibility index (Phi) is 10.8. The topological polar surface area (TPSA) is 122 Å². The number of nitrogens with two attached hydrogens (primary N) is 1. The number of aryl methyl sites for hydroxylation is 3. The maximum atomic E-state index is 11.4. The largest absolute Gasteiger partial charge is 0.361 e. The van der Waals surface area contributed by atoms with Gasteiger partial charge in [0.25, 0.3) is 0 Å². The molecule has 0 unspecified atom stereocenters. The quantitative estimate of drug-likeness (QED) is 0.157. The summed E-state index contributed by atoms with van der Waals surface area (Å²) in [5.41, 5.74) is 11.3. The van der Waals surface area contributed by atoms with Gasteiger partial charge in [-0.25, -0.2) is 0 Å². The normalized spacial score (nSPS) is 10.4. The van der Waals surface area contributed by atoms with E-state index in [9.17, 15) is 4.79 Å². The number of fused-ring (bicyclic) bond motifs is 1. The van der Waals surface area contributed by atoms with Crippen molar-refractivity contribution in [1.82, 2.24) is 15.2 Å². The van der Waals surface area contributed by atoms with E-state index in [4.69, 9.17) is 16.6 Å². The molecule has 0 aliphatic rings. The third kappa shape index (κ3) is 8.42. The number of hydrogen-bond donors (Lipinski definition) is 5. The Balaban J connectivity index is 0.000000329. The molecule has 0 saturated carbocycles. The zero-order chi connectivity index (χ0) is 27.3. The van der Waals surface area contributed by atoms with Crippen molar-refractivity contribution < 1.29 is 4.79 Å². The molecular formula is C31H38N6O. The van der Waals surface area contributed by atoms with Crippen molar-refractivity contribution in [3.8, 4) is 0 Å². The number of amides is 1. The van der Waals surface area contributed by atoms with Crippen LogP contribution in [0.15, 0.2) is 85.1 Å². The number of nitrogens with zero attached hydrogens (tertiary/aromatic N) is 1. The average molecular weight is 511 g/mol. The minimum atomic E-state index is -0.312. The van der Waals surface area contributed by atoms with Gasteiger partial charge in [-0.2, -0.15) is 0 Å². The maximum absolute atomic E-state index is 11.4. The van der Waals surface area contributed by atoms with E-state index in [0.29, 0.717) is 18.8 Å². The summed E-state index contributed by atoms with van der Waals surface area (Å²) in [5.74, 6) is 0.225. The highest BCUT2D eigenvalue weighted by Gasteiger charge is 2.16. The number of nitrogens with one attached hydrogen (secondary N) is 4. The summed E-state index contributed by atoms with van der Waals surface area (Å²) >= 11 is 0. The van der Waals surface area contributed by atoms with E-state index < -0.39 is 0 Å². The number of hydrogen-bond acceptors (Lipinski definition) is 4. The first kappa shape index (κ1) is 28.3. The van der Waals surface area contributed by atoms with E-state index in [0.717, 1.165) is 24.0 Å². The Morgan fingerprint density at radius 3 is 2.21 bits per heavy atom. The maximum Gasteiger partial charge on any atom is 0.234 e. The Hall–Kier alpha value is -4.23. The Morgan fingerprint density at radius 1 is 0.895 bits per heavy atom. The lowest BCUT2D eigenvalue weighted by atomic mass is 10.1. The third-order valence-corrected chi connectivity index (χ3v) is 6.35. The molecule has 0 fully saturated rings. The van der Waals surface area contributed by atoms with E-state index in [1.165, 1.54) is 22.0 Å². The summed E-state index contributed by atoms with van der Waals surface area (Å²) in [5, 5.41) is 20.9. The number of carbonyl (C=O) groups excluding carboxylic acids is 1. The smallest absolute Gasteiger partial charge is 0.234 e. The molecule has 1 heterocycles. The number of benzene rings is 3. The molecule has 0 bridgehead atoms. The van der Waals surface area contributed by atoms with Crippen LogP contribution in [0.5, 0.6) is 0 Å². The lowest BCUT2D eigenvalue weighted by Gasteiger charge is -2.26. The van der Waals surface area contributed by atoms with Crippen LogP contribution >= 0.6 is 0 Å². The molecule has 0 atom stereocenters. The second kappa shape index (κ2) is 14.5. The summed E-state index contributed by atoms with van der Waals surface area (Å²) < 4.78 is 0. The van der Waals surface area contributed by atoms with Crippen molar-refractivity contribution in [3.05, 3.63) is 107 Å². The van der Waals surface area contributed by atoms with Crippen LogP contribution in [0.3, 0.4) is 0 Å². The first-order valence-corrected chi connectivity index (χ1v) is 12.9. The van der Waals surface area contributed by atoms with E-state index in [-0.39, 0.29) is 24.8 Å². The summed E-state index contributed by atoms with van der Waals surface area (Å²) in [6, 6.07) is 26.5. The third-order valence-electron chi connectivity index (χ3n) is 6.35. The molecule has 6 N–H and O–H groups in total. The summed E-state index contributed by atoms with van der Waals surface area (Å²) in [6.07, 6.45) is 4.25. The van der Waals surface area contributed by atoms with E-state index in [1.807, 2.05) is 54.7 Å². The fourth-order valence-corrected chi connectivity index (χ4v) is 4.03. The Morgan fingerprint density at radius 2 is 1.55 bits per heavy atom. The number of amidine groups is 2. The van der Waals surface area contributed by atoms with E-state index in [1.54, 1.807) is 4.90 Å². The van der Waals surface area contributed by atoms with Gasteiger partial charge in [0, 0.05) is 23.5 Å². The molecule has 0 aliphatic carbocycles. The predicted molar refractivity (Wildman–Crippen MR) is 157 cm³/mol. The van der Waals surface area contributed by atoms with Crippen molar-refractivity contribution in [2.45, 2.75) is 39.7 Å². The van der Waals surface area contributed by atoms with Gasteiger partial charge >= 0.3 is 0 Å². The fraction of sp³-hybridized carbons (Fsp3) is 0.258. The molecule has 4 aromatic rings. The monoisotopic (exact) mass is 510 g/mol. The number of aromatic nitrogens is 1. The zero-order valence-electron chi connectivity index (χ0n) is 22.3. The summed E-state index contributed by atoms with van der Waals surface area (Å²) in [6.45, 7) is 4.58. The van der Waals surface area contributed by atoms with Crippen molar-refractivity contribution in [1.29, 1.82) is 10.8 Å². The highest BCUT2D eigenvalue weighted by molar-refractivity contribution is 6.00. The number of rotatable bonds is 9. The SMILES string of the molecule is CCc1ccc(CN(C(=N)CCc2ccccc2)C(=N)CNC(=O)CN)cc1.Cc1c[nH]c2ccccc12. The van der Waals surface area contributed by atoms with Crippen molar-refractivity contribution in [3.63, 3.8) is 0 Å². The fourth-order valence-electron chi connectivity index (χ4n) is 4.03. The van der Waals surface area contributed by atoms with Gasteiger partial charge < -0.3 is 20.9 Å². The molecule has 38 heavy (non-hydrogen) atoms. The molecule has 1 amide bonds. The molecule has 0 aliphatic heterocycles. The van der Waals surface area contributed by atoms with Crippen LogP contribution in [0.25, 0.3) is 10.9 Å². The van der Waals surface area contributed by atoms with Crippen LogP contribution in [0, 0.1) is 17.7 Å². The van der Waals surface area contributed by atoms with Gasteiger partial charge in [-0.3, -0.25) is 15.6 Å². The second-order valence-corrected chi connectivity index (χ2v) is 9.13. The van der Waals surface area contributed by atoms with Crippen molar-refractivity contribution in [2.75, 3.05) is 13.1 Å². The number of para-hydroxylation sites is 1. The lowest BCUT2D eigenvalue weighted by Crippen LogP contribution is -2.43. The predicted octanol–water partition coefficient (Wildman–Crippen LogP) is 5.19. The van der Waals surface area contributed by atoms with Gasteiger partial charge in [0.2, 0.25) is 5.91 Å². The molecule has 4 rings (SSSR count). The Labute approximate surface area is 225 Å². The van der Waals surface area contributed by atoms with Crippen LogP contribution in [-0.2, 0) is 24.2 Å². The van der Waals surface area contributed by atoms with Crippen LogP contribution in [0.1, 0.15) is 35.6 Å². The van der Waals surface area contributed by atoms with Gasteiger partial charge in [-0.15, -0.1) is 0 Å². The van der Waals surface area contributed by atoms with Crippen LogP contribution < -0.4 is 11.1 Å². The number of carbonyl (C=O) groups is 1. The molecule has 1 aromatic heterocycles. The van der Waals surface area contributed by atoms with Crippen molar-refractivity contribution in [2.24, 2.45) is 5.73 Å². The number of H-pyrrole nitrogens is 1. The van der Waals surface area contributed by atoms with Gasteiger partial charge in [0.05, 0.1) is 19.6 Å². The zero-order valence-corrected chi connectivity index (χ0v) is 22.3. The molecule has 0 saturated heterocycles. The van der Waals surface area contributed by atoms with Crippen LogP contribution in [0.4, 0.5) is 0 Å². The minimum absolute atomic E-state index is 0.0524. The van der Waals surface area contributed by atoms with Crippen LogP contribution in [-0.4, -0.2) is 40.6 Å². The van der Waals surface area contributed by atoms with E-state index in [2.05, 4.69) is 54.5 Å². The van der Waals surface area contributed by atoms with Gasteiger partial charge in [0.15, 0.2) is 0 Å². The Bertz CT molecular complexity index is 1330. The standard InChI is InChI=1S/C22H29N5O.C9H9N/c1-2-17-8-10-19(11-9-17)16-27(21(25)15-26-22(28)14-23)20(24)13-12-18-6-4-3-5-7-18;1-7-6-10-9-5-3-2-4-8(7)9/h3-11,24-25H,2,12-16,23H2,1H3,(H,26,28);2-6,10H,1H3. The minimum Gasteiger partial charge on any atom is -0.361 e. The molecular weight excluding hydrogens is 472 g/mol. The molecule has 3 aromatic carbocycles. The van der Waals surface area contributed by atoms with Crippen molar-refractivity contribution >= 4 is 28.5 Å². The van der Waals surface area contributed by atoms with E-state index >= 15 is 0 Å². The highest BCUT2D eigenvalue weighted by atomic mass is 16.1. The van der Waals surface area contributed by atoms with Crippen LogP contribution in [0.2, 0.25) is 0 Å². The summed E-state index contributed by atoms with van der Waals surface area (Å²) in [4.78, 5) is 16.3.